The van der Waals surface area contributed by atoms with Gasteiger partial charge in [0, 0.05) is 29.7 Å². The smallest absolute Gasteiger partial charge is 0.306 e. The Morgan fingerprint density at radius 3 is 2.18 bits per heavy atom. The molecule has 1 heterocycles. The van der Waals surface area contributed by atoms with Crippen molar-refractivity contribution in [2.45, 2.75) is 64.1 Å². The topological polar surface area (TPSA) is 29.5 Å². The molecule has 0 aromatic rings. The van der Waals surface area contributed by atoms with Gasteiger partial charge >= 0.3 is 5.97 Å². The summed E-state index contributed by atoms with van der Waals surface area (Å²) in [7, 11) is 2.14. The van der Waals surface area contributed by atoms with Crippen molar-refractivity contribution < 1.29 is 9.53 Å². The SMILES string of the molecule is CN1C(C)(C)CC(OC(=O)CCS)CC1(C)C. The summed E-state index contributed by atoms with van der Waals surface area (Å²) in [6, 6.07) is 0. The van der Waals surface area contributed by atoms with E-state index in [9.17, 15) is 4.79 Å². The Bertz CT molecular complexity index is 271. The predicted octanol–water partition coefficient (Wildman–Crippen LogP) is 2.50. The maximum Gasteiger partial charge on any atom is 0.306 e. The number of carbonyl (C=O) groups excluding carboxylic acids is 1. The minimum Gasteiger partial charge on any atom is -0.462 e. The van der Waals surface area contributed by atoms with Crippen molar-refractivity contribution in [3.63, 3.8) is 0 Å². The molecule has 0 unspecified atom stereocenters. The minimum atomic E-state index is -0.124. The van der Waals surface area contributed by atoms with E-state index < -0.39 is 0 Å². The Morgan fingerprint density at radius 1 is 1.29 bits per heavy atom. The number of ether oxygens (including phenoxy) is 1. The number of esters is 1. The van der Waals surface area contributed by atoms with Crippen LogP contribution < -0.4 is 0 Å². The van der Waals surface area contributed by atoms with Crippen LogP contribution in [0, 0.1) is 0 Å². The Labute approximate surface area is 110 Å². The molecule has 1 aliphatic rings. The van der Waals surface area contributed by atoms with Crippen molar-refractivity contribution in [2.75, 3.05) is 12.8 Å². The van der Waals surface area contributed by atoms with Crippen LogP contribution in [-0.2, 0) is 9.53 Å². The maximum atomic E-state index is 11.5. The minimum absolute atomic E-state index is 0.0311. The second kappa shape index (κ2) is 5.19. The standard InChI is InChI=1S/C13H25NO2S/c1-12(2)8-10(16-11(15)6-7-17)9-13(3,4)14(12)5/h10,17H,6-9H2,1-5H3. The zero-order valence-electron chi connectivity index (χ0n) is 11.6. The van der Waals surface area contributed by atoms with Gasteiger partial charge in [0.1, 0.15) is 6.10 Å². The number of hydrogen-bond donors (Lipinski definition) is 1. The van der Waals surface area contributed by atoms with E-state index in [1.807, 2.05) is 0 Å². The largest absolute Gasteiger partial charge is 0.462 e. The number of rotatable bonds is 3. The molecule has 100 valence electrons. The lowest BCUT2D eigenvalue weighted by Crippen LogP contribution is -2.60. The molecule has 1 fully saturated rings. The molecule has 0 N–H and O–H groups in total. The van der Waals surface area contributed by atoms with Crippen LogP contribution in [0.15, 0.2) is 0 Å². The van der Waals surface area contributed by atoms with Gasteiger partial charge in [0.25, 0.3) is 0 Å². The van der Waals surface area contributed by atoms with Gasteiger partial charge in [-0.3, -0.25) is 9.69 Å². The molecule has 0 saturated carbocycles. The third-order valence-electron chi connectivity index (χ3n) is 3.88. The van der Waals surface area contributed by atoms with Crippen LogP contribution in [0.5, 0.6) is 0 Å². The molecule has 0 aromatic carbocycles. The second-order valence-corrected chi connectivity index (χ2v) is 6.62. The third-order valence-corrected chi connectivity index (χ3v) is 4.11. The molecule has 0 bridgehead atoms. The average molecular weight is 259 g/mol. The Morgan fingerprint density at radius 2 is 1.76 bits per heavy atom. The Hall–Kier alpha value is -0.220. The van der Waals surface area contributed by atoms with Crippen molar-refractivity contribution in [3.8, 4) is 0 Å². The molecule has 0 atom stereocenters. The molecule has 0 aliphatic carbocycles. The van der Waals surface area contributed by atoms with Crippen molar-refractivity contribution in [2.24, 2.45) is 0 Å². The number of hydrogen-bond acceptors (Lipinski definition) is 4. The summed E-state index contributed by atoms with van der Waals surface area (Å²) in [5.74, 6) is 0.430. The lowest BCUT2D eigenvalue weighted by atomic mass is 9.79. The summed E-state index contributed by atoms with van der Waals surface area (Å²) in [5.41, 5.74) is 0.126. The van der Waals surface area contributed by atoms with E-state index in [-0.39, 0.29) is 23.2 Å². The van der Waals surface area contributed by atoms with Gasteiger partial charge in [-0.1, -0.05) is 0 Å². The lowest BCUT2D eigenvalue weighted by molar-refractivity contribution is -0.158. The number of thiol groups is 1. The van der Waals surface area contributed by atoms with Gasteiger partial charge in [-0.15, -0.1) is 0 Å². The lowest BCUT2D eigenvalue weighted by Gasteiger charge is -2.53. The van der Waals surface area contributed by atoms with Gasteiger partial charge in [0.2, 0.25) is 0 Å². The van der Waals surface area contributed by atoms with E-state index >= 15 is 0 Å². The average Bonchev–Trinajstić information content (AvgIpc) is 2.13. The van der Waals surface area contributed by atoms with E-state index in [1.54, 1.807) is 0 Å². The maximum absolute atomic E-state index is 11.5. The number of likely N-dealkylation sites (tertiary alicyclic amines) is 1. The first-order valence-electron chi connectivity index (χ1n) is 6.23. The van der Waals surface area contributed by atoms with Gasteiger partial charge in [0.05, 0.1) is 6.42 Å². The first-order chi connectivity index (χ1) is 7.69. The number of nitrogens with zero attached hydrogens (tertiary/aromatic N) is 1. The van der Waals surface area contributed by atoms with Crippen LogP contribution in [-0.4, -0.2) is 40.9 Å². The summed E-state index contributed by atoms with van der Waals surface area (Å²) in [4.78, 5) is 13.9. The van der Waals surface area contributed by atoms with E-state index in [2.05, 4.69) is 52.3 Å². The first-order valence-corrected chi connectivity index (χ1v) is 6.86. The highest BCUT2D eigenvalue weighted by atomic mass is 32.1. The highest BCUT2D eigenvalue weighted by Crippen LogP contribution is 2.38. The molecule has 0 spiro atoms. The van der Waals surface area contributed by atoms with Crippen molar-refractivity contribution in [1.29, 1.82) is 0 Å². The van der Waals surface area contributed by atoms with Crippen LogP contribution in [0.3, 0.4) is 0 Å². The van der Waals surface area contributed by atoms with E-state index in [0.717, 1.165) is 12.8 Å². The molecule has 4 heteroatoms. The summed E-state index contributed by atoms with van der Waals surface area (Å²) >= 11 is 4.05. The highest BCUT2D eigenvalue weighted by molar-refractivity contribution is 7.80. The fraction of sp³-hybridized carbons (Fsp3) is 0.923. The van der Waals surface area contributed by atoms with Gasteiger partial charge in [0.15, 0.2) is 0 Å². The zero-order valence-corrected chi connectivity index (χ0v) is 12.5. The molecule has 1 aliphatic heterocycles. The fourth-order valence-corrected chi connectivity index (χ4v) is 2.88. The van der Waals surface area contributed by atoms with E-state index in [0.29, 0.717) is 12.2 Å². The molecule has 17 heavy (non-hydrogen) atoms. The van der Waals surface area contributed by atoms with Gasteiger partial charge in [-0.05, 0) is 34.7 Å². The molecule has 0 amide bonds. The van der Waals surface area contributed by atoms with Crippen LogP contribution in [0.4, 0.5) is 0 Å². The van der Waals surface area contributed by atoms with Crippen LogP contribution in [0.25, 0.3) is 0 Å². The molecule has 1 rings (SSSR count). The third kappa shape index (κ3) is 3.62. The molecule has 0 aromatic heterocycles. The van der Waals surface area contributed by atoms with E-state index in [1.165, 1.54) is 0 Å². The number of piperidine rings is 1. The Kier molecular flexibility index (Phi) is 4.53. The van der Waals surface area contributed by atoms with Crippen LogP contribution in [0.1, 0.15) is 47.0 Å². The quantitative estimate of drug-likeness (QED) is 0.624. The predicted molar refractivity (Wildman–Crippen MR) is 73.5 cm³/mol. The van der Waals surface area contributed by atoms with Gasteiger partial charge < -0.3 is 4.74 Å². The van der Waals surface area contributed by atoms with Crippen LogP contribution >= 0.6 is 12.6 Å². The van der Waals surface area contributed by atoms with E-state index in [4.69, 9.17) is 4.74 Å². The summed E-state index contributed by atoms with van der Waals surface area (Å²) in [6.45, 7) is 8.81. The zero-order chi connectivity index (χ0) is 13.3. The monoisotopic (exact) mass is 259 g/mol. The highest BCUT2D eigenvalue weighted by Gasteiger charge is 2.44. The second-order valence-electron chi connectivity index (χ2n) is 6.18. The Balaban J connectivity index is 2.68. The van der Waals surface area contributed by atoms with Crippen molar-refractivity contribution in [3.05, 3.63) is 0 Å². The molecular weight excluding hydrogens is 234 g/mol. The normalized spacial score (nSPS) is 24.6. The first kappa shape index (κ1) is 14.8. The van der Waals surface area contributed by atoms with Crippen molar-refractivity contribution in [1.82, 2.24) is 4.90 Å². The molecule has 1 saturated heterocycles. The fourth-order valence-electron chi connectivity index (χ4n) is 2.70. The summed E-state index contributed by atoms with van der Waals surface area (Å²) < 4.78 is 5.54. The van der Waals surface area contributed by atoms with Gasteiger partial charge in [-0.25, -0.2) is 0 Å². The summed E-state index contributed by atoms with van der Waals surface area (Å²) in [6.07, 6.45) is 2.22. The number of carbonyl (C=O) groups is 1. The molecule has 3 nitrogen and oxygen atoms in total. The summed E-state index contributed by atoms with van der Waals surface area (Å²) in [5, 5.41) is 0. The van der Waals surface area contributed by atoms with Crippen LogP contribution in [0.2, 0.25) is 0 Å². The van der Waals surface area contributed by atoms with Gasteiger partial charge in [-0.2, -0.15) is 12.6 Å². The molecule has 0 radical (unpaired) electrons. The molecular formula is C13H25NO2S. The van der Waals surface area contributed by atoms with Crippen molar-refractivity contribution >= 4 is 18.6 Å².